The minimum absolute atomic E-state index is 0.0787. The molecule has 2 N–H and O–H groups in total. The fourth-order valence-corrected chi connectivity index (χ4v) is 3.52. The van der Waals surface area contributed by atoms with Gasteiger partial charge >= 0.3 is 0 Å². The van der Waals surface area contributed by atoms with Gasteiger partial charge < -0.3 is 10.2 Å². The van der Waals surface area contributed by atoms with Gasteiger partial charge in [0.05, 0.1) is 4.92 Å². The molecule has 0 atom stereocenters. The SMILES string of the molecule is O=C(NC(=S)Nc1cccc(Cl)c1)c1ccc(N2CCCCC2)c([N+](=O)[O-])c1. The second-order valence-corrected chi connectivity index (χ2v) is 7.27. The Morgan fingerprint density at radius 1 is 1.14 bits per heavy atom. The van der Waals surface area contributed by atoms with Crippen LogP contribution in [0.15, 0.2) is 42.5 Å². The maximum Gasteiger partial charge on any atom is 0.293 e. The van der Waals surface area contributed by atoms with Crippen LogP contribution in [0.3, 0.4) is 0 Å². The fraction of sp³-hybridized carbons (Fsp3) is 0.263. The van der Waals surface area contributed by atoms with Gasteiger partial charge in [0.15, 0.2) is 5.11 Å². The van der Waals surface area contributed by atoms with Gasteiger partial charge in [-0.05, 0) is 61.8 Å². The van der Waals surface area contributed by atoms with Crippen molar-refractivity contribution >= 4 is 51.9 Å². The summed E-state index contributed by atoms with van der Waals surface area (Å²) in [5.41, 5.74) is 1.26. The van der Waals surface area contributed by atoms with E-state index in [1.165, 1.54) is 6.07 Å². The predicted octanol–water partition coefficient (Wildman–Crippen LogP) is 4.37. The molecule has 0 saturated carbocycles. The number of amides is 1. The van der Waals surface area contributed by atoms with Gasteiger partial charge in [-0.15, -0.1) is 0 Å². The molecule has 9 heteroatoms. The quantitative estimate of drug-likeness (QED) is 0.435. The summed E-state index contributed by atoms with van der Waals surface area (Å²) in [6.07, 6.45) is 3.13. The van der Waals surface area contributed by atoms with E-state index in [1.807, 2.05) is 4.90 Å². The average molecular weight is 419 g/mol. The smallest absolute Gasteiger partial charge is 0.293 e. The Kier molecular flexibility index (Phi) is 6.43. The van der Waals surface area contributed by atoms with Crippen molar-refractivity contribution in [2.45, 2.75) is 19.3 Å². The van der Waals surface area contributed by atoms with Gasteiger partial charge in [-0.3, -0.25) is 20.2 Å². The van der Waals surface area contributed by atoms with Crippen LogP contribution in [-0.4, -0.2) is 29.0 Å². The molecule has 0 aromatic heterocycles. The molecule has 0 bridgehead atoms. The highest BCUT2D eigenvalue weighted by Crippen LogP contribution is 2.31. The van der Waals surface area contributed by atoms with Gasteiger partial charge in [-0.1, -0.05) is 17.7 Å². The Morgan fingerprint density at radius 3 is 2.57 bits per heavy atom. The predicted molar refractivity (Wildman–Crippen MR) is 114 cm³/mol. The summed E-state index contributed by atoms with van der Waals surface area (Å²) in [6.45, 7) is 1.56. The Hall–Kier alpha value is -2.71. The first-order valence-electron chi connectivity index (χ1n) is 8.85. The topological polar surface area (TPSA) is 87.5 Å². The lowest BCUT2D eigenvalue weighted by Crippen LogP contribution is -2.34. The third-order valence-corrected chi connectivity index (χ3v) is 4.88. The lowest BCUT2D eigenvalue weighted by atomic mass is 10.1. The van der Waals surface area contributed by atoms with E-state index in [1.54, 1.807) is 36.4 Å². The molecule has 0 aliphatic carbocycles. The molecule has 2 aromatic carbocycles. The van der Waals surface area contributed by atoms with E-state index in [0.29, 0.717) is 16.4 Å². The van der Waals surface area contributed by atoms with Gasteiger partial charge in [0.2, 0.25) is 0 Å². The Balaban J connectivity index is 1.73. The third-order valence-electron chi connectivity index (χ3n) is 4.44. The van der Waals surface area contributed by atoms with Crippen molar-refractivity contribution in [2.24, 2.45) is 0 Å². The molecule has 28 heavy (non-hydrogen) atoms. The first kappa shape index (κ1) is 20.0. The normalized spacial score (nSPS) is 13.7. The van der Waals surface area contributed by atoms with Crippen molar-refractivity contribution in [3.05, 3.63) is 63.2 Å². The van der Waals surface area contributed by atoms with Crippen molar-refractivity contribution in [3.8, 4) is 0 Å². The Morgan fingerprint density at radius 2 is 1.89 bits per heavy atom. The minimum atomic E-state index is -0.521. The number of carbonyl (C=O) groups is 1. The molecule has 1 fully saturated rings. The van der Waals surface area contributed by atoms with E-state index in [0.717, 1.165) is 32.4 Å². The van der Waals surface area contributed by atoms with Crippen molar-refractivity contribution in [1.82, 2.24) is 5.32 Å². The van der Waals surface area contributed by atoms with Crippen LogP contribution >= 0.6 is 23.8 Å². The highest BCUT2D eigenvalue weighted by Gasteiger charge is 2.23. The number of nitro benzene ring substituents is 1. The number of rotatable bonds is 4. The van der Waals surface area contributed by atoms with Gasteiger partial charge in [-0.2, -0.15) is 0 Å². The van der Waals surface area contributed by atoms with E-state index >= 15 is 0 Å². The van der Waals surface area contributed by atoms with E-state index in [9.17, 15) is 14.9 Å². The molecule has 0 unspecified atom stereocenters. The summed E-state index contributed by atoms with van der Waals surface area (Å²) in [4.78, 5) is 25.5. The number of benzene rings is 2. The summed E-state index contributed by atoms with van der Waals surface area (Å²) >= 11 is 11.1. The number of thiocarbonyl (C=S) groups is 1. The van der Waals surface area contributed by atoms with Gasteiger partial charge in [-0.25, -0.2) is 0 Å². The van der Waals surface area contributed by atoms with E-state index in [4.69, 9.17) is 23.8 Å². The zero-order chi connectivity index (χ0) is 20.1. The summed E-state index contributed by atoms with van der Waals surface area (Å²) in [5, 5.41) is 17.5. The van der Waals surface area contributed by atoms with Crippen molar-refractivity contribution in [3.63, 3.8) is 0 Å². The highest BCUT2D eigenvalue weighted by molar-refractivity contribution is 7.80. The van der Waals surface area contributed by atoms with Crippen LogP contribution in [-0.2, 0) is 0 Å². The number of carbonyl (C=O) groups excluding carboxylic acids is 1. The zero-order valence-electron chi connectivity index (χ0n) is 15.0. The first-order chi connectivity index (χ1) is 13.4. The van der Waals surface area contributed by atoms with Crippen LogP contribution in [0.2, 0.25) is 5.02 Å². The molecule has 0 spiro atoms. The summed E-state index contributed by atoms with van der Waals surface area (Å²) in [5.74, 6) is -0.521. The zero-order valence-corrected chi connectivity index (χ0v) is 16.6. The summed E-state index contributed by atoms with van der Waals surface area (Å²) < 4.78 is 0. The average Bonchev–Trinajstić information content (AvgIpc) is 2.68. The molecule has 146 valence electrons. The monoisotopic (exact) mass is 418 g/mol. The molecule has 0 radical (unpaired) electrons. The standard InChI is InChI=1S/C19H19ClN4O3S/c20-14-5-4-6-15(12-14)21-19(28)22-18(25)13-7-8-16(17(11-13)24(26)27)23-9-2-1-3-10-23/h4-8,11-12H,1-3,9-10H2,(H2,21,22,25,28). The van der Waals surface area contributed by atoms with Crippen LogP contribution in [0.25, 0.3) is 0 Å². The van der Waals surface area contributed by atoms with E-state index in [-0.39, 0.29) is 16.4 Å². The lowest BCUT2D eigenvalue weighted by molar-refractivity contribution is -0.384. The fourth-order valence-electron chi connectivity index (χ4n) is 3.12. The van der Waals surface area contributed by atoms with Crippen LogP contribution in [0.4, 0.5) is 17.1 Å². The minimum Gasteiger partial charge on any atom is -0.366 e. The molecule has 1 aliphatic rings. The van der Waals surface area contributed by atoms with Crippen molar-refractivity contribution in [1.29, 1.82) is 0 Å². The van der Waals surface area contributed by atoms with Crippen LogP contribution in [0, 0.1) is 10.1 Å². The number of nitro groups is 1. The molecule has 7 nitrogen and oxygen atoms in total. The number of nitrogens with one attached hydrogen (secondary N) is 2. The van der Waals surface area contributed by atoms with E-state index in [2.05, 4.69) is 10.6 Å². The number of halogens is 1. The second kappa shape index (κ2) is 8.99. The summed E-state index contributed by atoms with van der Waals surface area (Å²) in [6, 6.07) is 11.4. The van der Waals surface area contributed by atoms with Crippen molar-refractivity contribution in [2.75, 3.05) is 23.3 Å². The second-order valence-electron chi connectivity index (χ2n) is 6.43. The Bertz CT molecular complexity index is 916. The van der Waals surface area contributed by atoms with Crippen LogP contribution in [0.1, 0.15) is 29.6 Å². The molecule has 1 saturated heterocycles. The van der Waals surface area contributed by atoms with Gasteiger partial charge in [0.25, 0.3) is 11.6 Å². The number of nitrogens with zero attached hydrogens (tertiary/aromatic N) is 2. The number of hydrogen-bond donors (Lipinski definition) is 2. The number of hydrogen-bond acceptors (Lipinski definition) is 5. The molecular weight excluding hydrogens is 400 g/mol. The number of anilines is 2. The highest BCUT2D eigenvalue weighted by atomic mass is 35.5. The Labute approximate surface area is 172 Å². The number of piperidine rings is 1. The maximum absolute atomic E-state index is 12.5. The van der Waals surface area contributed by atoms with E-state index < -0.39 is 10.8 Å². The third kappa shape index (κ3) is 4.96. The van der Waals surface area contributed by atoms with Crippen LogP contribution < -0.4 is 15.5 Å². The molecular formula is C19H19ClN4O3S. The van der Waals surface area contributed by atoms with Crippen LogP contribution in [0.5, 0.6) is 0 Å². The summed E-state index contributed by atoms with van der Waals surface area (Å²) in [7, 11) is 0. The molecule has 1 heterocycles. The van der Waals surface area contributed by atoms with Gasteiger partial charge in [0.1, 0.15) is 5.69 Å². The molecule has 2 aromatic rings. The van der Waals surface area contributed by atoms with Gasteiger partial charge in [0, 0.05) is 35.4 Å². The molecule has 1 amide bonds. The maximum atomic E-state index is 12.5. The lowest BCUT2D eigenvalue weighted by Gasteiger charge is -2.28. The first-order valence-corrected chi connectivity index (χ1v) is 9.64. The molecule has 1 aliphatic heterocycles. The van der Waals surface area contributed by atoms with Crippen molar-refractivity contribution < 1.29 is 9.72 Å². The molecule has 3 rings (SSSR count). The largest absolute Gasteiger partial charge is 0.366 e.